The van der Waals surface area contributed by atoms with E-state index in [1.165, 1.54) is 28.4 Å². The van der Waals surface area contributed by atoms with Gasteiger partial charge in [0.1, 0.15) is 18.3 Å². The minimum Gasteiger partial charge on any atom is -0.337 e. The summed E-state index contributed by atoms with van der Waals surface area (Å²) in [5.41, 5.74) is 1.96. The fourth-order valence-electron chi connectivity index (χ4n) is 3.02. The number of aryl methyl sites for hydroxylation is 1. The van der Waals surface area contributed by atoms with Crippen LogP contribution in [0.2, 0.25) is 5.02 Å². The Morgan fingerprint density at radius 2 is 2.17 bits per heavy atom. The number of fused-ring (bicyclic) bond motifs is 1. The molecule has 0 bridgehead atoms. The molecular formula is C19H13ClN6O2S. The first-order chi connectivity index (χ1) is 14.1. The van der Waals surface area contributed by atoms with E-state index in [9.17, 15) is 4.79 Å². The van der Waals surface area contributed by atoms with E-state index in [0.29, 0.717) is 27.8 Å². The number of thiophene rings is 1. The topological polar surface area (TPSA) is 91.6 Å². The number of hydrogen-bond acceptors (Lipinski definition) is 7. The zero-order chi connectivity index (χ0) is 20.0. The standard InChI is InChI=1S/C19H13ClN6O2S/c1-11-4-5-12(20)7-14(11)26-18-13(8-22-26)19(27)25(10-21-18)9-16-23-17(24-28-16)15-3-2-6-29-15/h2-8,10H,9H2,1H3. The molecule has 0 aliphatic heterocycles. The summed E-state index contributed by atoms with van der Waals surface area (Å²) < 4.78 is 8.32. The largest absolute Gasteiger partial charge is 0.337 e. The molecule has 5 aromatic rings. The summed E-state index contributed by atoms with van der Waals surface area (Å²) in [4.78, 5) is 22.6. The van der Waals surface area contributed by atoms with Crippen LogP contribution in [0.25, 0.3) is 27.4 Å². The molecule has 4 aromatic heterocycles. The van der Waals surface area contributed by atoms with Crippen molar-refractivity contribution in [3.8, 4) is 16.4 Å². The number of hydrogen-bond donors (Lipinski definition) is 0. The van der Waals surface area contributed by atoms with Crippen molar-refractivity contribution in [3.05, 3.63) is 75.1 Å². The van der Waals surface area contributed by atoms with Crippen LogP contribution in [-0.2, 0) is 6.54 Å². The SMILES string of the molecule is Cc1ccc(Cl)cc1-n1ncc2c(=O)n(Cc3nc(-c4cccs4)no3)cnc21. The molecule has 4 heterocycles. The van der Waals surface area contributed by atoms with E-state index in [-0.39, 0.29) is 12.1 Å². The Hall–Kier alpha value is -3.30. The summed E-state index contributed by atoms with van der Waals surface area (Å²) in [6.45, 7) is 2.07. The molecule has 0 saturated heterocycles. The zero-order valence-corrected chi connectivity index (χ0v) is 16.7. The van der Waals surface area contributed by atoms with Gasteiger partial charge < -0.3 is 4.52 Å². The van der Waals surface area contributed by atoms with E-state index in [1.807, 2.05) is 30.5 Å². The number of aromatic nitrogens is 6. The molecule has 0 unspecified atom stereocenters. The fraction of sp³-hybridized carbons (Fsp3) is 0.105. The van der Waals surface area contributed by atoms with Crippen molar-refractivity contribution in [3.63, 3.8) is 0 Å². The molecule has 0 fully saturated rings. The van der Waals surface area contributed by atoms with Crippen LogP contribution in [0.4, 0.5) is 0 Å². The van der Waals surface area contributed by atoms with Gasteiger partial charge in [0.15, 0.2) is 5.65 Å². The molecule has 0 saturated carbocycles. The van der Waals surface area contributed by atoms with Crippen molar-refractivity contribution in [2.75, 3.05) is 0 Å². The van der Waals surface area contributed by atoms with Crippen LogP contribution in [-0.4, -0.2) is 29.5 Å². The smallest absolute Gasteiger partial charge is 0.264 e. The summed E-state index contributed by atoms with van der Waals surface area (Å²) in [5.74, 6) is 0.830. The van der Waals surface area contributed by atoms with Crippen molar-refractivity contribution in [1.29, 1.82) is 0 Å². The quantitative estimate of drug-likeness (QED) is 0.436. The maximum atomic E-state index is 12.9. The molecule has 5 rings (SSSR count). The van der Waals surface area contributed by atoms with Crippen LogP contribution >= 0.6 is 22.9 Å². The summed E-state index contributed by atoms with van der Waals surface area (Å²) in [6.07, 6.45) is 2.96. The molecule has 29 heavy (non-hydrogen) atoms. The van der Waals surface area contributed by atoms with Gasteiger partial charge in [-0.25, -0.2) is 9.67 Å². The van der Waals surface area contributed by atoms with E-state index < -0.39 is 0 Å². The van der Waals surface area contributed by atoms with Gasteiger partial charge in [-0.15, -0.1) is 11.3 Å². The highest BCUT2D eigenvalue weighted by Gasteiger charge is 2.15. The van der Waals surface area contributed by atoms with Crippen LogP contribution in [0.15, 0.2) is 57.6 Å². The fourth-order valence-corrected chi connectivity index (χ4v) is 3.83. The monoisotopic (exact) mass is 424 g/mol. The molecule has 0 aliphatic rings. The van der Waals surface area contributed by atoms with Gasteiger partial charge in [0.2, 0.25) is 11.7 Å². The minimum atomic E-state index is -0.239. The predicted molar refractivity (Wildman–Crippen MR) is 110 cm³/mol. The molecule has 0 amide bonds. The lowest BCUT2D eigenvalue weighted by molar-refractivity contribution is 0.370. The lowest BCUT2D eigenvalue weighted by Gasteiger charge is -2.08. The highest BCUT2D eigenvalue weighted by molar-refractivity contribution is 7.13. The van der Waals surface area contributed by atoms with Crippen LogP contribution in [0.1, 0.15) is 11.5 Å². The highest BCUT2D eigenvalue weighted by Crippen LogP contribution is 2.23. The Bertz CT molecular complexity index is 1390. The van der Waals surface area contributed by atoms with E-state index >= 15 is 0 Å². The zero-order valence-electron chi connectivity index (χ0n) is 15.1. The molecule has 10 heteroatoms. The van der Waals surface area contributed by atoms with Crippen molar-refractivity contribution < 1.29 is 4.52 Å². The van der Waals surface area contributed by atoms with E-state index in [1.54, 1.807) is 16.8 Å². The Kier molecular flexibility index (Phi) is 4.26. The number of halogens is 1. The van der Waals surface area contributed by atoms with Gasteiger partial charge in [0.05, 0.1) is 16.8 Å². The van der Waals surface area contributed by atoms with Gasteiger partial charge in [0.25, 0.3) is 5.56 Å². The molecule has 0 radical (unpaired) electrons. The van der Waals surface area contributed by atoms with Gasteiger partial charge in [-0.2, -0.15) is 10.1 Å². The van der Waals surface area contributed by atoms with Crippen molar-refractivity contribution >= 4 is 34.0 Å². The van der Waals surface area contributed by atoms with Crippen LogP contribution in [0, 0.1) is 6.92 Å². The molecule has 144 valence electrons. The molecule has 0 spiro atoms. The number of nitrogens with zero attached hydrogens (tertiary/aromatic N) is 6. The second kappa shape index (κ2) is 6.94. The second-order valence-electron chi connectivity index (χ2n) is 6.39. The Morgan fingerprint density at radius 3 is 3.00 bits per heavy atom. The third-order valence-corrected chi connectivity index (χ3v) is 5.57. The Labute approximate surface area is 173 Å². The lowest BCUT2D eigenvalue weighted by atomic mass is 10.2. The first-order valence-corrected chi connectivity index (χ1v) is 9.92. The van der Waals surface area contributed by atoms with E-state index in [0.717, 1.165) is 16.1 Å². The number of benzene rings is 1. The van der Waals surface area contributed by atoms with Crippen LogP contribution in [0.5, 0.6) is 0 Å². The maximum Gasteiger partial charge on any atom is 0.264 e. The summed E-state index contributed by atoms with van der Waals surface area (Å²) in [6, 6.07) is 9.32. The molecule has 0 N–H and O–H groups in total. The van der Waals surface area contributed by atoms with Gasteiger partial charge >= 0.3 is 0 Å². The minimum absolute atomic E-state index is 0.127. The first-order valence-electron chi connectivity index (χ1n) is 8.66. The highest BCUT2D eigenvalue weighted by atomic mass is 35.5. The summed E-state index contributed by atoms with van der Waals surface area (Å²) in [5, 5.41) is 11.2. The molecule has 8 nitrogen and oxygen atoms in total. The molecule has 1 aromatic carbocycles. The summed E-state index contributed by atoms with van der Waals surface area (Å²) in [7, 11) is 0. The maximum absolute atomic E-state index is 12.9. The predicted octanol–water partition coefficient (Wildman–Crippen LogP) is 3.70. The van der Waals surface area contributed by atoms with Gasteiger partial charge in [-0.05, 0) is 36.1 Å². The average molecular weight is 425 g/mol. The lowest BCUT2D eigenvalue weighted by Crippen LogP contribution is -2.21. The van der Waals surface area contributed by atoms with Crippen molar-refractivity contribution in [1.82, 2.24) is 29.5 Å². The normalized spacial score (nSPS) is 11.4. The molecular weight excluding hydrogens is 412 g/mol. The van der Waals surface area contributed by atoms with Crippen molar-refractivity contribution in [2.24, 2.45) is 0 Å². The first kappa shape index (κ1) is 17.8. The van der Waals surface area contributed by atoms with Crippen LogP contribution < -0.4 is 5.56 Å². The van der Waals surface area contributed by atoms with Gasteiger partial charge in [0, 0.05) is 5.02 Å². The molecule has 0 aliphatic carbocycles. The van der Waals surface area contributed by atoms with E-state index in [2.05, 4.69) is 20.2 Å². The van der Waals surface area contributed by atoms with E-state index in [4.69, 9.17) is 16.1 Å². The Morgan fingerprint density at radius 1 is 1.28 bits per heavy atom. The van der Waals surface area contributed by atoms with Gasteiger partial charge in [-0.1, -0.05) is 28.9 Å². The Balaban J connectivity index is 1.52. The van der Waals surface area contributed by atoms with Gasteiger partial charge in [-0.3, -0.25) is 9.36 Å². The number of rotatable bonds is 4. The third kappa shape index (κ3) is 3.14. The van der Waals surface area contributed by atoms with Crippen molar-refractivity contribution in [2.45, 2.75) is 13.5 Å². The average Bonchev–Trinajstić information content (AvgIpc) is 3.46. The molecule has 0 atom stereocenters. The third-order valence-electron chi connectivity index (χ3n) is 4.47. The second-order valence-corrected chi connectivity index (χ2v) is 7.78. The van der Waals surface area contributed by atoms with Crippen LogP contribution in [0.3, 0.4) is 0 Å². The summed E-state index contributed by atoms with van der Waals surface area (Å²) >= 11 is 7.64.